The number of hydrogen-bond donors (Lipinski definition) is 0. The fourth-order valence-corrected chi connectivity index (χ4v) is 4.44. The third kappa shape index (κ3) is 8.85. The zero-order valence-corrected chi connectivity index (χ0v) is 20.7. The van der Waals surface area contributed by atoms with Crippen LogP contribution >= 0.6 is 0 Å². The third-order valence-electron chi connectivity index (χ3n) is 6.10. The van der Waals surface area contributed by atoms with Crippen molar-refractivity contribution in [2.24, 2.45) is 0 Å². The van der Waals surface area contributed by atoms with Gasteiger partial charge in [0, 0.05) is 18.4 Å². The van der Waals surface area contributed by atoms with Gasteiger partial charge < -0.3 is 9.47 Å². The average molecular weight is 427 g/mol. The zero-order valence-electron chi connectivity index (χ0n) is 20.7. The summed E-state index contributed by atoms with van der Waals surface area (Å²) in [4.78, 5) is 0. The Morgan fingerprint density at radius 2 is 1.35 bits per heavy atom. The molecule has 0 saturated carbocycles. The van der Waals surface area contributed by atoms with E-state index in [1.807, 2.05) is 0 Å². The summed E-state index contributed by atoms with van der Waals surface area (Å²) in [6.45, 7) is 9.55. The lowest BCUT2D eigenvalue weighted by Crippen LogP contribution is -2.20. The quantitative estimate of drug-likeness (QED) is 0.185. The van der Waals surface area contributed by atoms with E-state index in [-0.39, 0.29) is 6.29 Å². The van der Waals surface area contributed by atoms with Crippen molar-refractivity contribution in [2.75, 3.05) is 6.61 Å². The van der Waals surface area contributed by atoms with Crippen LogP contribution in [0.5, 0.6) is 5.75 Å². The summed E-state index contributed by atoms with van der Waals surface area (Å²) in [5.74, 6) is 0.968. The highest BCUT2D eigenvalue weighted by molar-refractivity contribution is 5.89. The van der Waals surface area contributed by atoms with Gasteiger partial charge in [-0.15, -0.1) is 0 Å². The molecule has 31 heavy (non-hydrogen) atoms. The molecule has 0 aliphatic carbocycles. The lowest BCUT2D eigenvalue weighted by molar-refractivity contribution is -0.0800. The molecule has 0 aliphatic heterocycles. The van der Waals surface area contributed by atoms with Gasteiger partial charge in [0.05, 0.1) is 0 Å². The highest BCUT2D eigenvalue weighted by Gasteiger charge is 2.14. The van der Waals surface area contributed by atoms with Crippen LogP contribution in [0.25, 0.3) is 10.8 Å². The summed E-state index contributed by atoms with van der Waals surface area (Å²) in [5.41, 5.74) is 2.97. The maximum atomic E-state index is 6.44. The number of fused-ring (bicyclic) bond motifs is 1. The SMILES string of the molecule is CCCCCCCCCCC(OCC)Oc1cccc2cc(CCC)c(CCC)cc12. The van der Waals surface area contributed by atoms with E-state index in [2.05, 4.69) is 58.0 Å². The second-order valence-electron chi connectivity index (χ2n) is 8.86. The average Bonchev–Trinajstić information content (AvgIpc) is 2.77. The van der Waals surface area contributed by atoms with Crippen LogP contribution in [0.15, 0.2) is 30.3 Å². The summed E-state index contributed by atoms with van der Waals surface area (Å²) in [7, 11) is 0. The van der Waals surface area contributed by atoms with Crippen LogP contribution < -0.4 is 4.74 Å². The molecule has 1 atom stereocenters. The topological polar surface area (TPSA) is 18.5 Å². The van der Waals surface area contributed by atoms with Crippen molar-refractivity contribution in [1.82, 2.24) is 0 Å². The molecule has 0 spiro atoms. The van der Waals surface area contributed by atoms with E-state index in [9.17, 15) is 0 Å². The minimum absolute atomic E-state index is 0.152. The highest BCUT2D eigenvalue weighted by atomic mass is 16.7. The first kappa shape index (κ1) is 25.7. The molecule has 0 bridgehead atoms. The standard InChI is InChI=1S/C29H46O2/c1-5-9-10-11-12-13-14-15-21-29(30-8-4)31-28-20-16-19-26-22-24(17-6-2)25(18-7-3)23-27(26)28/h16,19-20,22-23,29H,5-15,17-18,21H2,1-4H3. The van der Waals surface area contributed by atoms with E-state index >= 15 is 0 Å². The molecule has 174 valence electrons. The van der Waals surface area contributed by atoms with E-state index in [0.29, 0.717) is 6.61 Å². The molecular formula is C29H46O2. The molecule has 1 unspecified atom stereocenters. The Labute approximate surface area is 191 Å². The van der Waals surface area contributed by atoms with E-state index in [1.165, 1.54) is 86.1 Å². The lowest BCUT2D eigenvalue weighted by Gasteiger charge is -2.21. The summed E-state index contributed by atoms with van der Waals surface area (Å²) < 4.78 is 12.4. The molecule has 2 aromatic rings. The van der Waals surface area contributed by atoms with Gasteiger partial charge in [0.15, 0.2) is 6.29 Å². The molecule has 0 N–H and O–H groups in total. The molecule has 0 radical (unpaired) electrons. The molecule has 0 fully saturated rings. The molecule has 0 heterocycles. The van der Waals surface area contributed by atoms with Crippen molar-refractivity contribution >= 4 is 10.8 Å². The molecule has 0 aliphatic rings. The van der Waals surface area contributed by atoms with Gasteiger partial charge in [0.25, 0.3) is 0 Å². The summed E-state index contributed by atoms with van der Waals surface area (Å²) in [5, 5.41) is 2.51. The van der Waals surface area contributed by atoms with E-state index in [1.54, 1.807) is 0 Å². The van der Waals surface area contributed by atoms with E-state index < -0.39 is 0 Å². The van der Waals surface area contributed by atoms with Crippen LogP contribution in [0.1, 0.15) is 109 Å². The van der Waals surface area contributed by atoms with Crippen molar-refractivity contribution in [3.05, 3.63) is 41.5 Å². The zero-order chi connectivity index (χ0) is 22.3. The van der Waals surface area contributed by atoms with E-state index in [4.69, 9.17) is 9.47 Å². The Morgan fingerprint density at radius 3 is 2.00 bits per heavy atom. The molecule has 0 aromatic heterocycles. The monoisotopic (exact) mass is 426 g/mol. The number of unbranched alkanes of at least 4 members (excludes halogenated alkanes) is 7. The second-order valence-corrected chi connectivity index (χ2v) is 8.86. The Hall–Kier alpha value is -1.54. The maximum absolute atomic E-state index is 6.44. The van der Waals surface area contributed by atoms with Gasteiger partial charge in [-0.3, -0.25) is 0 Å². The van der Waals surface area contributed by atoms with Crippen molar-refractivity contribution in [3.8, 4) is 5.75 Å². The van der Waals surface area contributed by atoms with Gasteiger partial charge in [-0.25, -0.2) is 0 Å². The minimum atomic E-state index is -0.152. The first-order chi connectivity index (χ1) is 15.2. The Kier molecular flexibility index (Phi) is 12.7. The number of ether oxygens (including phenoxy) is 2. The van der Waals surface area contributed by atoms with Crippen molar-refractivity contribution < 1.29 is 9.47 Å². The molecule has 0 amide bonds. The van der Waals surface area contributed by atoms with Crippen LogP contribution in [0, 0.1) is 0 Å². The first-order valence-electron chi connectivity index (χ1n) is 13.1. The van der Waals surface area contributed by atoms with Crippen molar-refractivity contribution in [1.29, 1.82) is 0 Å². The van der Waals surface area contributed by atoms with Gasteiger partial charge in [0.2, 0.25) is 0 Å². The second kappa shape index (κ2) is 15.3. The van der Waals surface area contributed by atoms with Crippen LogP contribution in [0.3, 0.4) is 0 Å². The number of aryl methyl sites for hydroxylation is 2. The molecule has 2 aromatic carbocycles. The molecule has 2 heteroatoms. The summed E-state index contributed by atoms with van der Waals surface area (Å²) in [6, 6.07) is 11.2. The Balaban J connectivity index is 2.01. The fourth-order valence-electron chi connectivity index (χ4n) is 4.44. The van der Waals surface area contributed by atoms with Crippen LogP contribution in [0.4, 0.5) is 0 Å². The first-order valence-corrected chi connectivity index (χ1v) is 13.1. The van der Waals surface area contributed by atoms with Gasteiger partial charge in [-0.05, 0) is 54.8 Å². The van der Waals surface area contributed by atoms with Crippen LogP contribution in [-0.4, -0.2) is 12.9 Å². The van der Waals surface area contributed by atoms with E-state index in [0.717, 1.165) is 25.0 Å². The van der Waals surface area contributed by atoms with Crippen molar-refractivity contribution in [2.45, 2.75) is 117 Å². The van der Waals surface area contributed by atoms with Gasteiger partial charge in [-0.2, -0.15) is 0 Å². The predicted molar refractivity (Wildman–Crippen MR) is 135 cm³/mol. The Morgan fingerprint density at radius 1 is 0.710 bits per heavy atom. The lowest BCUT2D eigenvalue weighted by atomic mass is 9.95. The minimum Gasteiger partial charge on any atom is -0.464 e. The maximum Gasteiger partial charge on any atom is 0.199 e. The third-order valence-corrected chi connectivity index (χ3v) is 6.10. The largest absolute Gasteiger partial charge is 0.464 e. The molecule has 2 nitrogen and oxygen atoms in total. The number of hydrogen-bond acceptors (Lipinski definition) is 2. The summed E-state index contributed by atoms with van der Waals surface area (Å²) in [6.07, 6.45) is 16.1. The molecule has 2 rings (SSSR count). The molecular weight excluding hydrogens is 380 g/mol. The number of benzene rings is 2. The summed E-state index contributed by atoms with van der Waals surface area (Å²) >= 11 is 0. The fraction of sp³-hybridized carbons (Fsp3) is 0.655. The normalized spacial score (nSPS) is 12.4. The van der Waals surface area contributed by atoms with Crippen LogP contribution in [0.2, 0.25) is 0 Å². The van der Waals surface area contributed by atoms with Crippen LogP contribution in [-0.2, 0) is 17.6 Å². The smallest absolute Gasteiger partial charge is 0.199 e. The van der Waals surface area contributed by atoms with Gasteiger partial charge in [-0.1, -0.05) is 96.8 Å². The van der Waals surface area contributed by atoms with Crippen molar-refractivity contribution in [3.63, 3.8) is 0 Å². The number of rotatable bonds is 17. The Bertz CT molecular complexity index is 737. The van der Waals surface area contributed by atoms with Gasteiger partial charge >= 0.3 is 0 Å². The predicted octanol–water partition coefficient (Wildman–Crippen LogP) is 9.02. The highest BCUT2D eigenvalue weighted by Crippen LogP contribution is 2.31. The van der Waals surface area contributed by atoms with Gasteiger partial charge in [0.1, 0.15) is 5.75 Å². The molecule has 0 saturated heterocycles.